The second kappa shape index (κ2) is 12.9. The molecule has 2 aliphatic rings. The van der Waals surface area contributed by atoms with Crippen LogP contribution < -0.4 is 19.8 Å². The van der Waals surface area contributed by atoms with Crippen LogP contribution in [0.4, 0.5) is 55.0 Å². The predicted molar refractivity (Wildman–Crippen MR) is 169 cm³/mol. The molecule has 258 valence electrons. The van der Waals surface area contributed by atoms with E-state index in [1.165, 1.54) is 12.1 Å². The number of ether oxygens (including phenoxy) is 1. The molecule has 3 heterocycles. The number of carbonyl (C=O) groups excluding carboxylic acids is 1. The second-order valence-corrected chi connectivity index (χ2v) is 13.0. The van der Waals surface area contributed by atoms with E-state index in [9.17, 15) is 39.6 Å². The number of hydrogen-bond acceptors (Lipinski definition) is 9. The molecule has 0 radical (unpaired) electrons. The van der Waals surface area contributed by atoms with Crippen molar-refractivity contribution in [3.05, 3.63) is 83.6 Å². The molecule has 6 rings (SSSR count). The molecule has 1 fully saturated rings. The van der Waals surface area contributed by atoms with Gasteiger partial charge in [0.15, 0.2) is 0 Å². The summed E-state index contributed by atoms with van der Waals surface area (Å²) in [6.45, 7) is 3.63. The van der Waals surface area contributed by atoms with Crippen LogP contribution in [0.3, 0.4) is 0 Å². The van der Waals surface area contributed by atoms with Crippen LogP contribution in [-0.2, 0) is 27.1 Å². The molecule has 0 bridgehead atoms. The molecule has 3 aromatic carbocycles. The zero-order valence-electron chi connectivity index (χ0n) is 25.7. The molecule has 0 aliphatic carbocycles. The van der Waals surface area contributed by atoms with E-state index in [2.05, 4.69) is 25.5 Å². The standard InChI is InChI=1S/C32H28F6N6O4S/c1-48-29(45)19-4-9-25-26(14-19)44(24-16-20(31(33,34)35)15-21(17-24)32(36,37)38)49(46,47)27-18-40-30(42-28(25)27)41-22-5-7-23(8-6-22)43-12-2-10-39-11-3-13-43/h4-9,14-18,39H,2-3,10-13H2,1H3,(H,40,41,42). The Morgan fingerprint density at radius 2 is 1.51 bits per heavy atom. The Morgan fingerprint density at radius 3 is 2.10 bits per heavy atom. The Balaban J connectivity index is 1.43. The highest BCUT2D eigenvalue weighted by Crippen LogP contribution is 2.48. The molecule has 2 N–H and O–H groups in total. The molecule has 0 unspecified atom stereocenters. The average Bonchev–Trinajstić information content (AvgIpc) is 3.03. The van der Waals surface area contributed by atoms with Crippen LogP contribution in [0.25, 0.3) is 11.3 Å². The van der Waals surface area contributed by atoms with E-state index < -0.39 is 55.7 Å². The fraction of sp³-hybridized carbons (Fsp3) is 0.281. The highest BCUT2D eigenvalue weighted by atomic mass is 32.2. The third-order valence-electron chi connectivity index (χ3n) is 8.02. The number of carbonyl (C=O) groups is 1. The van der Waals surface area contributed by atoms with Gasteiger partial charge in [0.2, 0.25) is 5.95 Å². The monoisotopic (exact) mass is 706 g/mol. The number of hydrogen-bond donors (Lipinski definition) is 2. The third kappa shape index (κ3) is 6.85. The smallest absolute Gasteiger partial charge is 0.416 e. The van der Waals surface area contributed by atoms with Gasteiger partial charge in [-0.3, -0.25) is 0 Å². The van der Waals surface area contributed by atoms with Gasteiger partial charge < -0.3 is 20.3 Å². The number of benzene rings is 3. The SMILES string of the molecule is COC(=O)c1ccc2c(c1)N(c1cc(C(F)(F)F)cc(C(F)(F)F)c1)S(=O)(=O)c1cnc(Nc3ccc(N4CCCNCCC4)cc3)nc1-2. The van der Waals surface area contributed by atoms with Gasteiger partial charge in [0.05, 0.1) is 47.1 Å². The quantitative estimate of drug-likeness (QED) is 0.172. The Hall–Kier alpha value is -4.90. The molecule has 0 amide bonds. The van der Waals surface area contributed by atoms with Gasteiger partial charge in [-0.15, -0.1) is 0 Å². The summed E-state index contributed by atoms with van der Waals surface area (Å²) in [5, 5.41) is 6.38. The zero-order valence-corrected chi connectivity index (χ0v) is 26.5. The van der Waals surface area contributed by atoms with Crippen molar-refractivity contribution in [2.75, 3.05) is 47.8 Å². The highest BCUT2D eigenvalue weighted by molar-refractivity contribution is 7.93. The number of sulfonamides is 1. The number of fused-ring (bicyclic) bond motifs is 3. The fourth-order valence-electron chi connectivity index (χ4n) is 5.69. The van der Waals surface area contributed by atoms with Gasteiger partial charge in [-0.25, -0.2) is 27.5 Å². The van der Waals surface area contributed by atoms with E-state index in [0.29, 0.717) is 9.99 Å². The normalized spacial score (nSPS) is 16.2. The van der Waals surface area contributed by atoms with Gasteiger partial charge in [0, 0.05) is 30.0 Å². The Bertz CT molecular complexity index is 1960. The van der Waals surface area contributed by atoms with Gasteiger partial charge >= 0.3 is 18.3 Å². The summed E-state index contributed by atoms with van der Waals surface area (Å²) in [5.41, 5.74) is -3.65. The van der Waals surface area contributed by atoms with Gasteiger partial charge in [0.25, 0.3) is 10.0 Å². The number of nitrogens with zero attached hydrogens (tertiary/aromatic N) is 4. The summed E-state index contributed by atoms with van der Waals surface area (Å²) < 4.78 is 116. The number of esters is 1. The molecule has 1 saturated heterocycles. The first kappa shape index (κ1) is 34.0. The molecular formula is C32H28F6N6O4S. The predicted octanol–water partition coefficient (Wildman–Crippen LogP) is 6.74. The molecule has 0 atom stereocenters. The number of rotatable bonds is 5. The van der Waals surface area contributed by atoms with Crippen molar-refractivity contribution in [3.8, 4) is 11.3 Å². The Labute approximate surface area is 276 Å². The van der Waals surface area contributed by atoms with Crippen LogP contribution in [0.15, 0.2) is 71.8 Å². The average molecular weight is 707 g/mol. The number of nitrogens with one attached hydrogen (secondary N) is 2. The van der Waals surface area contributed by atoms with Crippen molar-refractivity contribution in [2.45, 2.75) is 30.1 Å². The van der Waals surface area contributed by atoms with Crippen molar-refractivity contribution >= 4 is 44.7 Å². The van der Waals surface area contributed by atoms with Crippen LogP contribution in [-0.4, -0.2) is 57.6 Å². The molecule has 49 heavy (non-hydrogen) atoms. The maximum absolute atomic E-state index is 14.1. The van der Waals surface area contributed by atoms with Crippen LogP contribution >= 0.6 is 0 Å². The van der Waals surface area contributed by atoms with Crippen LogP contribution in [0.2, 0.25) is 0 Å². The lowest BCUT2D eigenvalue weighted by Crippen LogP contribution is -2.33. The minimum absolute atomic E-state index is 0.00387. The van der Waals surface area contributed by atoms with Crippen LogP contribution in [0, 0.1) is 0 Å². The van der Waals surface area contributed by atoms with E-state index in [4.69, 9.17) is 4.74 Å². The zero-order chi connectivity index (χ0) is 35.1. The molecule has 0 saturated carbocycles. The van der Waals surface area contributed by atoms with E-state index in [1.54, 1.807) is 12.1 Å². The van der Waals surface area contributed by atoms with Gasteiger partial charge in [-0.05, 0) is 86.6 Å². The maximum atomic E-state index is 14.1. The van der Waals surface area contributed by atoms with Crippen LogP contribution in [0.5, 0.6) is 0 Å². The first-order valence-electron chi connectivity index (χ1n) is 14.9. The molecule has 10 nitrogen and oxygen atoms in total. The number of anilines is 5. The van der Waals surface area contributed by atoms with Crippen molar-refractivity contribution in [1.82, 2.24) is 15.3 Å². The third-order valence-corrected chi connectivity index (χ3v) is 9.77. The molecule has 2 aliphatic heterocycles. The van der Waals surface area contributed by atoms with Crippen molar-refractivity contribution in [1.29, 1.82) is 0 Å². The summed E-state index contributed by atoms with van der Waals surface area (Å²) in [5.74, 6) is -0.958. The Kier molecular flexibility index (Phi) is 8.91. The fourth-order valence-corrected chi connectivity index (χ4v) is 7.26. The van der Waals surface area contributed by atoms with Crippen molar-refractivity contribution in [3.63, 3.8) is 0 Å². The van der Waals surface area contributed by atoms with Crippen LogP contribution in [0.1, 0.15) is 34.3 Å². The molecular weight excluding hydrogens is 678 g/mol. The summed E-state index contributed by atoms with van der Waals surface area (Å²) in [6.07, 6.45) is -7.61. The minimum atomic E-state index is -5.25. The summed E-state index contributed by atoms with van der Waals surface area (Å²) in [7, 11) is -3.90. The van der Waals surface area contributed by atoms with E-state index in [1.807, 2.05) is 12.1 Å². The van der Waals surface area contributed by atoms with Crippen molar-refractivity contribution < 1.29 is 44.3 Å². The summed E-state index contributed by atoms with van der Waals surface area (Å²) in [6, 6.07) is 11.5. The lowest BCUT2D eigenvalue weighted by molar-refractivity contribution is -0.143. The lowest BCUT2D eigenvalue weighted by Gasteiger charge is -2.32. The largest absolute Gasteiger partial charge is 0.465 e. The summed E-state index contributed by atoms with van der Waals surface area (Å²) >= 11 is 0. The van der Waals surface area contributed by atoms with Gasteiger partial charge in [-0.2, -0.15) is 26.3 Å². The second-order valence-electron chi connectivity index (χ2n) is 11.3. The number of methoxy groups -OCH3 is 1. The lowest BCUT2D eigenvalue weighted by atomic mass is 10.0. The summed E-state index contributed by atoms with van der Waals surface area (Å²) in [4.78, 5) is 22.6. The number of halogens is 6. The molecule has 4 aromatic rings. The molecule has 1 aromatic heterocycles. The number of aromatic nitrogens is 2. The number of alkyl halides is 6. The molecule has 17 heteroatoms. The van der Waals surface area contributed by atoms with Gasteiger partial charge in [-0.1, -0.05) is 0 Å². The minimum Gasteiger partial charge on any atom is -0.465 e. The van der Waals surface area contributed by atoms with Gasteiger partial charge in [0.1, 0.15) is 4.90 Å². The van der Waals surface area contributed by atoms with E-state index in [-0.39, 0.29) is 41.0 Å². The highest BCUT2D eigenvalue weighted by Gasteiger charge is 2.42. The maximum Gasteiger partial charge on any atom is 0.416 e. The molecule has 0 spiro atoms. The first-order chi connectivity index (χ1) is 23.2. The Morgan fingerprint density at radius 1 is 0.878 bits per heavy atom. The van der Waals surface area contributed by atoms with E-state index in [0.717, 1.165) is 64.1 Å². The first-order valence-corrected chi connectivity index (χ1v) is 16.4. The van der Waals surface area contributed by atoms with Crippen molar-refractivity contribution in [2.24, 2.45) is 0 Å². The van der Waals surface area contributed by atoms with E-state index >= 15 is 0 Å². The topological polar surface area (TPSA) is 117 Å².